The van der Waals surface area contributed by atoms with Crippen LogP contribution in [-0.2, 0) is 0 Å². The van der Waals surface area contributed by atoms with Crippen molar-refractivity contribution in [1.82, 2.24) is 10.6 Å². The Morgan fingerprint density at radius 2 is 2.06 bits per heavy atom. The van der Waals surface area contributed by atoms with Crippen molar-refractivity contribution in [2.45, 2.75) is 19.9 Å². The van der Waals surface area contributed by atoms with Crippen LogP contribution in [0.4, 0.5) is 0 Å². The van der Waals surface area contributed by atoms with Crippen LogP contribution in [0.2, 0.25) is 0 Å². The smallest absolute Gasteiger partial charge is 0.261 e. The number of benzene rings is 1. The number of rotatable bonds is 5. The zero-order valence-corrected chi connectivity index (χ0v) is 11.5. The third-order valence-electron chi connectivity index (χ3n) is 2.61. The lowest BCUT2D eigenvalue weighted by Gasteiger charge is -2.08. The molecule has 4 heteroatoms. The minimum Gasteiger partial charge on any atom is -0.350 e. The first-order valence-electron chi connectivity index (χ1n) is 6.17. The number of amides is 1. The van der Waals surface area contributed by atoms with Gasteiger partial charge < -0.3 is 10.6 Å². The van der Waals surface area contributed by atoms with Gasteiger partial charge in [0, 0.05) is 23.8 Å². The molecule has 1 amide bonds. The zero-order chi connectivity index (χ0) is 13.0. The zero-order valence-electron chi connectivity index (χ0n) is 10.7. The van der Waals surface area contributed by atoms with Crippen LogP contribution in [-0.4, -0.2) is 25.0 Å². The first-order valence-corrected chi connectivity index (χ1v) is 6.98. The van der Waals surface area contributed by atoms with Crippen LogP contribution in [0, 0.1) is 0 Å². The van der Waals surface area contributed by atoms with Gasteiger partial charge in [0.05, 0.1) is 4.88 Å². The maximum Gasteiger partial charge on any atom is 0.261 e. The fourth-order valence-corrected chi connectivity index (χ4v) is 2.70. The largest absolute Gasteiger partial charge is 0.350 e. The van der Waals surface area contributed by atoms with Crippen molar-refractivity contribution in [3.8, 4) is 0 Å². The molecule has 0 aliphatic heterocycles. The summed E-state index contributed by atoms with van der Waals surface area (Å²) in [7, 11) is 0. The van der Waals surface area contributed by atoms with Crippen LogP contribution in [0.3, 0.4) is 0 Å². The van der Waals surface area contributed by atoms with Gasteiger partial charge in [0.2, 0.25) is 0 Å². The summed E-state index contributed by atoms with van der Waals surface area (Å²) in [4.78, 5) is 12.7. The molecule has 1 aromatic carbocycles. The molecule has 0 saturated heterocycles. The number of thiophene rings is 1. The number of carbonyl (C=O) groups excluding carboxylic acids is 1. The highest BCUT2D eigenvalue weighted by Crippen LogP contribution is 2.24. The summed E-state index contributed by atoms with van der Waals surface area (Å²) in [5, 5.41) is 7.32. The number of hydrogen-bond acceptors (Lipinski definition) is 3. The van der Waals surface area contributed by atoms with Gasteiger partial charge >= 0.3 is 0 Å². The Bertz CT molecular complexity index is 500. The molecule has 0 aliphatic carbocycles. The van der Waals surface area contributed by atoms with Crippen LogP contribution in [0.15, 0.2) is 30.3 Å². The number of nitrogens with one attached hydrogen (secondary N) is 2. The van der Waals surface area contributed by atoms with Crippen LogP contribution in [0.25, 0.3) is 10.1 Å². The van der Waals surface area contributed by atoms with Gasteiger partial charge in [0.1, 0.15) is 0 Å². The van der Waals surface area contributed by atoms with Gasteiger partial charge in [-0.15, -0.1) is 11.3 Å². The molecule has 3 nitrogen and oxygen atoms in total. The molecular formula is C14H18N2OS. The number of hydrogen-bond donors (Lipinski definition) is 2. The van der Waals surface area contributed by atoms with Gasteiger partial charge in [-0.1, -0.05) is 32.0 Å². The van der Waals surface area contributed by atoms with Gasteiger partial charge in [0.15, 0.2) is 0 Å². The quantitative estimate of drug-likeness (QED) is 0.813. The van der Waals surface area contributed by atoms with Crippen molar-refractivity contribution in [2.75, 3.05) is 13.1 Å². The molecule has 2 aromatic rings. The number of carbonyl (C=O) groups is 1. The predicted octanol–water partition coefficient (Wildman–Crippen LogP) is 2.63. The molecule has 2 N–H and O–H groups in total. The van der Waals surface area contributed by atoms with Crippen LogP contribution >= 0.6 is 11.3 Å². The van der Waals surface area contributed by atoms with Crippen LogP contribution in [0.1, 0.15) is 23.5 Å². The lowest BCUT2D eigenvalue weighted by molar-refractivity contribution is 0.0958. The Morgan fingerprint density at radius 3 is 2.78 bits per heavy atom. The topological polar surface area (TPSA) is 41.1 Å². The molecule has 0 spiro atoms. The van der Waals surface area contributed by atoms with E-state index in [-0.39, 0.29) is 5.91 Å². The Kier molecular flexibility index (Phi) is 4.33. The van der Waals surface area contributed by atoms with E-state index in [2.05, 4.69) is 24.5 Å². The van der Waals surface area contributed by atoms with E-state index in [1.165, 1.54) is 11.3 Å². The Morgan fingerprint density at radius 1 is 1.28 bits per heavy atom. The van der Waals surface area contributed by atoms with E-state index in [0.29, 0.717) is 12.6 Å². The van der Waals surface area contributed by atoms with E-state index >= 15 is 0 Å². The standard InChI is InChI=1S/C14H18N2OS/c1-10(2)15-7-8-16-14(17)13-9-11-5-3-4-6-12(11)18-13/h3-6,9-10,15H,7-8H2,1-2H3,(H,16,17). The summed E-state index contributed by atoms with van der Waals surface area (Å²) in [5.41, 5.74) is 0. The second kappa shape index (κ2) is 5.98. The van der Waals surface area contributed by atoms with E-state index in [4.69, 9.17) is 0 Å². The van der Waals surface area contributed by atoms with Crippen molar-refractivity contribution in [1.29, 1.82) is 0 Å². The average Bonchev–Trinajstić information content (AvgIpc) is 2.78. The molecule has 0 atom stereocenters. The first kappa shape index (κ1) is 13.1. The third kappa shape index (κ3) is 3.31. The fourth-order valence-electron chi connectivity index (χ4n) is 1.72. The molecule has 1 aromatic heterocycles. The summed E-state index contributed by atoms with van der Waals surface area (Å²) in [5.74, 6) is 0.0155. The molecule has 1 heterocycles. The van der Waals surface area contributed by atoms with E-state index in [0.717, 1.165) is 21.5 Å². The molecule has 0 aliphatic rings. The molecular weight excluding hydrogens is 244 g/mol. The fraction of sp³-hybridized carbons (Fsp3) is 0.357. The molecule has 2 rings (SSSR count). The molecule has 0 fully saturated rings. The Balaban J connectivity index is 1.92. The maximum atomic E-state index is 11.9. The second-order valence-corrected chi connectivity index (χ2v) is 5.60. The molecule has 0 bridgehead atoms. The van der Waals surface area contributed by atoms with Crippen molar-refractivity contribution in [3.05, 3.63) is 35.2 Å². The van der Waals surface area contributed by atoms with Gasteiger partial charge in [-0.25, -0.2) is 0 Å². The van der Waals surface area contributed by atoms with Crippen molar-refractivity contribution >= 4 is 27.3 Å². The SMILES string of the molecule is CC(C)NCCNC(=O)c1cc2ccccc2s1. The highest BCUT2D eigenvalue weighted by molar-refractivity contribution is 7.20. The van der Waals surface area contributed by atoms with Crippen molar-refractivity contribution < 1.29 is 4.79 Å². The summed E-state index contributed by atoms with van der Waals surface area (Å²) >= 11 is 1.54. The van der Waals surface area contributed by atoms with Gasteiger partial charge in [0.25, 0.3) is 5.91 Å². The summed E-state index contributed by atoms with van der Waals surface area (Å²) in [6.07, 6.45) is 0. The lowest BCUT2D eigenvalue weighted by atomic mass is 10.2. The van der Waals surface area contributed by atoms with Gasteiger partial charge in [-0.2, -0.15) is 0 Å². The van der Waals surface area contributed by atoms with E-state index in [1.54, 1.807) is 0 Å². The molecule has 18 heavy (non-hydrogen) atoms. The van der Waals surface area contributed by atoms with Gasteiger partial charge in [-0.3, -0.25) is 4.79 Å². The second-order valence-electron chi connectivity index (χ2n) is 4.51. The summed E-state index contributed by atoms with van der Waals surface area (Å²) < 4.78 is 1.16. The van der Waals surface area contributed by atoms with E-state index in [1.807, 2.05) is 30.3 Å². The third-order valence-corrected chi connectivity index (χ3v) is 3.73. The lowest BCUT2D eigenvalue weighted by Crippen LogP contribution is -2.34. The molecule has 0 unspecified atom stereocenters. The first-order chi connectivity index (χ1) is 8.66. The van der Waals surface area contributed by atoms with Crippen LogP contribution < -0.4 is 10.6 Å². The normalized spacial score (nSPS) is 11.1. The van der Waals surface area contributed by atoms with E-state index < -0.39 is 0 Å². The molecule has 0 saturated carbocycles. The summed E-state index contributed by atoms with van der Waals surface area (Å²) in [6.45, 7) is 5.64. The minimum atomic E-state index is 0.0155. The average molecular weight is 262 g/mol. The van der Waals surface area contributed by atoms with Crippen LogP contribution in [0.5, 0.6) is 0 Å². The Labute approximate surface area is 111 Å². The molecule has 96 valence electrons. The van der Waals surface area contributed by atoms with Gasteiger partial charge in [-0.05, 0) is 17.5 Å². The highest BCUT2D eigenvalue weighted by atomic mass is 32.1. The monoisotopic (exact) mass is 262 g/mol. The summed E-state index contributed by atoms with van der Waals surface area (Å²) in [6, 6.07) is 10.5. The van der Waals surface area contributed by atoms with Crippen molar-refractivity contribution in [2.24, 2.45) is 0 Å². The number of fused-ring (bicyclic) bond motifs is 1. The van der Waals surface area contributed by atoms with E-state index in [9.17, 15) is 4.79 Å². The maximum absolute atomic E-state index is 11.9. The van der Waals surface area contributed by atoms with Crippen molar-refractivity contribution in [3.63, 3.8) is 0 Å². The molecule has 0 radical (unpaired) electrons. The highest BCUT2D eigenvalue weighted by Gasteiger charge is 2.08. The minimum absolute atomic E-state index is 0.0155. The predicted molar refractivity (Wildman–Crippen MR) is 77.3 cm³/mol. The Hall–Kier alpha value is -1.39.